The Morgan fingerprint density at radius 1 is 1.06 bits per heavy atom. The van der Waals surface area contributed by atoms with E-state index in [0.717, 1.165) is 5.56 Å². The number of nitrogens with one attached hydrogen (secondary N) is 1. The highest BCUT2D eigenvalue weighted by atomic mass is 35.5. The molecule has 4 rings (SSSR count). The zero-order valence-corrected chi connectivity index (χ0v) is 18.3. The first-order chi connectivity index (χ1) is 15.0. The third-order valence-corrected chi connectivity index (χ3v) is 5.18. The van der Waals surface area contributed by atoms with Crippen LogP contribution in [0, 0.1) is 10.6 Å². The van der Waals surface area contributed by atoms with E-state index in [9.17, 15) is 4.39 Å². The van der Waals surface area contributed by atoms with Gasteiger partial charge in [-0.15, -0.1) is 0 Å². The van der Waals surface area contributed by atoms with Gasteiger partial charge in [0.15, 0.2) is 11.6 Å². The van der Waals surface area contributed by atoms with Gasteiger partial charge in [0.25, 0.3) is 0 Å². The fourth-order valence-corrected chi connectivity index (χ4v) is 3.65. The van der Waals surface area contributed by atoms with E-state index in [2.05, 4.69) is 15.3 Å². The number of halogens is 3. The molecule has 31 heavy (non-hydrogen) atoms. The van der Waals surface area contributed by atoms with Gasteiger partial charge in [-0.1, -0.05) is 71.7 Å². The van der Waals surface area contributed by atoms with Gasteiger partial charge >= 0.3 is 0 Å². The molecule has 0 spiro atoms. The Balaban J connectivity index is 1.57. The van der Waals surface area contributed by atoms with Gasteiger partial charge < -0.3 is 4.74 Å². The maximum atomic E-state index is 13.8. The van der Waals surface area contributed by atoms with Gasteiger partial charge in [0, 0.05) is 11.1 Å². The Morgan fingerprint density at radius 3 is 2.45 bits per heavy atom. The number of aromatic nitrogens is 3. The molecule has 0 aliphatic carbocycles. The topological polar surface area (TPSA) is 55.2 Å². The largest absolute Gasteiger partial charge is 0.486 e. The quantitative estimate of drug-likeness (QED) is 0.256. The lowest BCUT2D eigenvalue weighted by Gasteiger charge is -2.11. The lowest BCUT2D eigenvalue weighted by Crippen LogP contribution is -2.00. The summed E-state index contributed by atoms with van der Waals surface area (Å²) < 4.78 is 21.3. The lowest BCUT2D eigenvalue weighted by atomic mass is 10.2. The smallest absolute Gasteiger partial charge is 0.216 e. The third-order valence-electron chi connectivity index (χ3n) is 4.36. The summed E-state index contributed by atoms with van der Waals surface area (Å²) >= 11 is 18.0. The molecule has 0 atom stereocenters. The summed E-state index contributed by atoms with van der Waals surface area (Å²) in [5.41, 5.74) is 1.90. The minimum atomic E-state index is -0.357. The van der Waals surface area contributed by atoms with Crippen LogP contribution in [0.2, 0.25) is 10.0 Å². The molecular weight excluding hydrogens is 458 g/mol. The molecule has 0 aliphatic rings. The van der Waals surface area contributed by atoms with Crippen molar-refractivity contribution in [2.75, 3.05) is 0 Å². The zero-order valence-electron chi connectivity index (χ0n) is 15.9. The molecule has 0 bridgehead atoms. The van der Waals surface area contributed by atoms with E-state index in [1.165, 1.54) is 10.7 Å². The Hall–Kier alpha value is -3.00. The number of hydrogen-bond acceptors (Lipinski definition) is 4. The second-order valence-electron chi connectivity index (χ2n) is 6.47. The summed E-state index contributed by atoms with van der Waals surface area (Å²) in [6.45, 7) is 0.00413. The summed E-state index contributed by atoms with van der Waals surface area (Å²) in [4.78, 5) is 0. The number of rotatable bonds is 6. The van der Waals surface area contributed by atoms with Gasteiger partial charge in [-0.05, 0) is 36.0 Å². The van der Waals surface area contributed by atoms with Gasteiger partial charge in [0.1, 0.15) is 12.4 Å². The average molecular weight is 473 g/mol. The van der Waals surface area contributed by atoms with Crippen molar-refractivity contribution in [3.8, 4) is 17.1 Å². The molecule has 0 unspecified atom stereocenters. The Bertz CT molecular complexity index is 1280. The van der Waals surface area contributed by atoms with Crippen LogP contribution in [0.4, 0.5) is 4.39 Å². The highest BCUT2D eigenvalue weighted by molar-refractivity contribution is 7.71. The van der Waals surface area contributed by atoms with Gasteiger partial charge in [-0.3, -0.25) is 0 Å². The second-order valence-corrected chi connectivity index (χ2v) is 7.67. The molecule has 1 heterocycles. The predicted octanol–water partition coefficient (Wildman–Crippen LogP) is 6.51. The first-order valence-electron chi connectivity index (χ1n) is 9.15. The summed E-state index contributed by atoms with van der Waals surface area (Å²) in [5.74, 6) is 0.488. The van der Waals surface area contributed by atoms with Gasteiger partial charge in [0.2, 0.25) is 4.77 Å². The molecule has 0 saturated heterocycles. The number of benzene rings is 3. The molecule has 9 heteroatoms. The van der Waals surface area contributed by atoms with Crippen LogP contribution >= 0.6 is 35.4 Å². The molecule has 156 valence electrons. The second kappa shape index (κ2) is 9.43. The van der Waals surface area contributed by atoms with Crippen molar-refractivity contribution in [1.82, 2.24) is 14.9 Å². The zero-order chi connectivity index (χ0) is 21.8. The molecule has 1 N–H and O–H groups in total. The Kier molecular flexibility index (Phi) is 6.46. The molecule has 0 radical (unpaired) electrons. The van der Waals surface area contributed by atoms with E-state index < -0.39 is 0 Å². The highest BCUT2D eigenvalue weighted by Crippen LogP contribution is 2.34. The molecular formula is C22H15Cl2FN4OS. The summed E-state index contributed by atoms with van der Waals surface area (Å²) in [6.07, 6.45) is 1.57. The summed E-state index contributed by atoms with van der Waals surface area (Å²) in [7, 11) is 0. The van der Waals surface area contributed by atoms with Crippen LogP contribution in [0.3, 0.4) is 0 Å². The Labute approximate surface area is 192 Å². The minimum absolute atomic E-state index is 0.00413. The van der Waals surface area contributed by atoms with E-state index >= 15 is 0 Å². The molecule has 3 aromatic carbocycles. The maximum absolute atomic E-state index is 13.8. The first kappa shape index (κ1) is 21.2. The summed E-state index contributed by atoms with van der Waals surface area (Å²) in [5, 5.41) is 12.0. The number of nitrogens with zero attached hydrogens (tertiary/aromatic N) is 3. The lowest BCUT2D eigenvalue weighted by molar-refractivity contribution is 0.300. The van der Waals surface area contributed by atoms with Crippen LogP contribution < -0.4 is 4.74 Å². The van der Waals surface area contributed by atoms with Crippen molar-refractivity contribution in [3.63, 3.8) is 0 Å². The van der Waals surface area contributed by atoms with Crippen LogP contribution in [0.1, 0.15) is 11.1 Å². The van der Waals surface area contributed by atoms with E-state index in [1.807, 2.05) is 30.3 Å². The molecule has 0 fully saturated rings. The third kappa shape index (κ3) is 4.85. The number of H-pyrrole nitrogens is 1. The van der Waals surface area contributed by atoms with Crippen molar-refractivity contribution in [3.05, 3.63) is 98.5 Å². The first-order valence-corrected chi connectivity index (χ1v) is 10.3. The average Bonchev–Trinajstić information content (AvgIpc) is 3.14. The van der Waals surface area contributed by atoms with Crippen molar-refractivity contribution < 1.29 is 9.13 Å². The molecule has 0 saturated carbocycles. The normalized spacial score (nSPS) is 11.2. The van der Waals surface area contributed by atoms with Gasteiger partial charge in [-0.25, -0.2) is 9.49 Å². The maximum Gasteiger partial charge on any atom is 0.216 e. The van der Waals surface area contributed by atoms with E-state index in [-0.39, 0.29) is 28.2 Å². The predicted molar refractivity (Wildman–Crippen MR) is 123 cm³/mol. The number of ether oxygens (including phenoxy) is 1. The van der Waals surface area contributed by atoms with Crippen LogP contribution in [-0.2, 0) is 6.61 Å². The van der Waals surface area contributed by atoms with Crippen molar-refractivity contribution in [1.29, 1.82) is 0 Å². The van der Waals surface area contributed by atoms with Crippen LogP contribution in [0.5, 0.6) is 5.75 Å². The van der Waals surface area contributed by atoms with Crippen molar-refractivity contribution in [2.24, 2.45) is 5.10 Å². The van der Waals surface area contributed by atoms with Gasteiger partial charge in [-0.2, -0.15) is 14.9 Å². The van der Waals surface area contributed by atoms with Crippen molar-refractivity contribution >= 4 is 41.6 Å². The minimum Gasteiger partial charge on any atom is -0.486 e. The monoisotopic (exact) mass is 472 g/mol. The SMILES string of the molecule is Fc1ccccc1COc1c(Cl)cc(/C=N/n2c(-c3ccccc3)n[nH]c2=S)cc1Cl. The fourth-order valence-electron chi connectivity index (χ4n) is 2.85. The molecule has 1 aromatic heterocycles. The van der Waals surface area contributed by atoms with E-state index in [4.69, 9.17) is 40.2 Å². The molecule has 4 aromatic rings. The van der Waals surface area contributed by atoms with E-state index in [1.54, 1.807) is 36.5 Å². The van der Waals surface area contributed by atoms with Crippen LogP contribution in [0.15, 0.2) is 71.8 Å². The standard InChI is InChI=1S/C22H15Cl2FN4OS/c23-17-10-14(11-18(24)20(17)30-13-16-8-4-5-9-19(16)25)12-26-29-21(27-28-22(29)31)15-6-2-1-3-7-15/h1-12H,13H2,(H,28,31)/b26-12+. The highest BCUT2D eigenvalue weighted by Gasteiger charge is 2.12. The molecule has 0 aliphatic heterocycles. The number of hydrogen-bond donors (Lipinski definition) is 1. The van der Waals surface area contributed by atoms with E-state index in [0.29, 0.717) is 21.7 Å². The molecule has 0 amide bonds. The van der Waals surface area contributed by atoms with Crippen LogP contribution in [-0.4, -0.2) is 21.1 Å². The Morgan fingerprint density at radius 2 is 1.74 bits per heavy atom. The summed E-state index contributed by atoms with van der Waals surface area (Å²) in [6, 6.07) is 19.2. The van der Waals surface area contributed by atoms with Crippen LogP contribution in [0.25, 0.3) is 11.4 Å². The molecule has 5 nitrogen and oxygen atoms in total. The number of aromatic amines is 1. The van der Waals surface area contributed by atoms with Gasteiger partial charge in [0.05, 0.1) is 16.3 Å². The fraction of sp³-hybridized carbons (Fsp3) is 0.0455. The van der Waals surface area contributed by atoms with Crippen molar-refractivity contribution in [2.45, 2.75) is 6.61 Å².